The second kappa shape index (κ2) is 4.35. The Morgan fingerprint density at radius 2 is 2.38 bits per heavy atom. The Morgan fingerprint density at radius 3 is 2.88 bits per heavy atom. The lowest BCUT2D eigenvalue weighted by Crippen LogP contribution is -2.30. The number of rotatable bonds is 6. The van der Waals surface area contributed by atoms with Gasteiger partial charge >= 0.3 is 0 Å². The van der Waals surface area contributed by atoms with E-state index in [1.54, 1.807) is 4.88 Å². The summed E-state index contributed by atoms with van der Waals surface area (Å²) in [7, 11) is 0. The van der Waals surface area contributed by atoms with Crippen LogP contribution >= 0.6 is 23.1 Å². The molecule has 1 heterocycles. The molecule has 0 bridgehead atoms. The van der Waals surface area contributed by atoms with Crippen molar-refractivity contribution in [2.75, 3.05) is 12.8 Å². The maximum atomic E-state index is 3.83. The lowest BCUT2D eigenvalue weighted by atomic mass is 10.1. The first-order chi connectivity index (χ1) is 7.83. The molecule has 88 valence electrons. The van der Waals surface area contributed by atoms with Crippen molar-refractivity contribution in [2.24, 2.45) is 5.92 Å². The average molecular weight is 253 g/mol. The van der Waals surface area contributed by atoms with Gasteiger partial charge in [-0.05, 0) is 49.3 Å². The Morgan fingerprint density at radius 1 is 1.56 bits per heavy atom. The number of hydrogen-bond acceptors (Lipinski definition) is 3. The van der Waals surface area contributed by atoms with Gasteiger partial charge < -0.3 is 5.32 Å². The SMILES string of the molecule is CSC1(CNC(c2cccs2)C2CC2)CC1. The maximum Gasteiger partial charge on any atom is 0.0443 e. The minimum atomic E-state index is 0.588. The van der Waals surface area contributed by atoms with Crippen molar-refractivity contribution in [1.82, 2.24) is 5.32 Å². The molecular formula is C13H19NS2. The fourth-order valence-corrected chi connectivity index (χ4v) is 3.92. The number of thioether (sulfide) groups is 1. The molecule has 1 aromatic heterocycles. The van der Waals surface area contributed by atoms with Crippen LogP contribution in [0.25, 0.3) is 0 Å². The van der Waals surface area contributed by atoms with Gasteiger partial charge in [-0.25, -0.2) is 0 Å². The summed E-state index contributed by atoms with van der Waals surface area (Å²) < 4.78 is 0.588. The lowest BCUT2D eigenvalue weighted by molar-refractivity contribution is 0.484. The van der Waals surface area contributed by atoms with Gasteiger partial charge in [-0.15, -0.1) is 11.3 Å². The molecule has 3 heteroatoms. The van der Waals surface area contributed by atoms with Crippen molar-refractivity contribution in [1.29, 1.82) is 0 Å². The molecule has 1 atom stereocenters. The molecule has 0 radical (unpaired) electrons. The van der Waals surface area contributed by atoms with Crippen molar-refractivity contribution in [3.8, 4) is 0 Å². The predicted octanol–water partition coefficient (Wildman–Crippen LogP) is 3.68. The molecule has 3 rings (SSSR count). The van der Waals surface area contributed by atoms with E-state index in [1.165, 1.54) is 32.2 Å². The maximum absolute atomic E-state index is 3.83. The van der Waals surface area contributed by atoms with Gasteiger partial charge in [0, 0.05) is 22.2 Å². The van der Waals surface area contributed by atoms with Crippen molar-refractivity contribution in [3.63, 3.8) is 0 Å². The summed E-state index contributed by atoms with van der Waals surface area (Å²) in [5.41, 5.74) is 0. The van der Waals surface area contributed by atoms with E-state index < -0.39 is 0 Å². The summed E-state index contributed by atoms with van der Waals surface area (Å²) in [5, 5.41) is 6.03. The van der Waals surface area contributed by atoms with Gasteiger partial charge in [0.1, 0.15) is 0 Å². The van der Waals surface area contributed by atoms with Crippen molar-refractivity contribution in [2.45, 2.75) is 36.5 Å². The summed E-state index contributed by atoms with van der Waals surface area (Å²) in [6, 6.07) is 5.11. The summed E-state index contributed by atoms with van der Waals surface area (Å²) in [5.74, 6) is 0.913. The smallest absolute Gasteiger partial charge is 0.0443 e. The van der Waals surface area contributed by atoms with Crippen molar-refractivity contribution >= 4 is 23.1 Å². The van der Waals surface area contributed by atoms with Crippen LogP contribution < -0.4 is 5.32 Å². The third-order valence-corrected chi connectivity index (χ3v) is 6.20. The Kier molecular flexibility index (Phi) is 3.03. The van der Waals surface area contributed by atoms with E-state index in [0.717, 1.165) is 5.92 Å². The second-order valence-electron chi connectivity index (χ2n) is 5.10. The molecule has 0 aromatic carbocycles. The zero-order valence-corrected chi connectivity index (χ0v) is 11.4. The highest BCUT2D eigenvalue weighted by Gasteiger charge is 2.43. The Balaban J connectivity index is 1.61. The van der Waals surface area contributed by atoms with Gasteiger partial charge in [-0.1, -0.05) is 6.07 Å². The van der Waals surface area contributed by atoms with Gasteiger partial charge in [-0.3, -0.25) is 0 Å². The third kappa shape index (κ3) is 2.31. The molecule has 0 amide bonds. The molecule has 2 saturated carbocycles. The molecule has 2 aliphatic rings. The van der Waals surface area contributed by atoms with Gasteiger partial charge in [0.2, 0.25) is 0 Å². The van der Waals surface area contributed by atoms with E-state index >= 15 is 0 Å². The minimum Gasteiger partial charge on any atom is -0.308 e. The molecule has 1 nitrogen and oxygen atoms in total. The van der Waals surface area contributed by atoms with E-state index in [-0.39, 0.29) is 0 Å². The molecule has 2 aliphatic carbocycles. The van der Waals surface area contributed by atoms with E-state index in [1.807, 2.05) is 11.3 Å². The van der Waals surface area contributed by atoms with Crippen LogP contribution in [-0.2, 0) is 0 Å². The normalized spacial score (nSPS) is 24.3. The molecule has 0 saturated heterocycles. The Hall–Kier alpha value is 0.01000. The first kappa shape index (κ1) is 11.1. The van der Waals surface area contributed by atoms with E-state index in [4.69, 9.17) is 0 Å². The molecule has 0 spiro atoms. The Bertz CT molecular complexity index is 339. The molecule has 1 aromatic rings. The Labute approximate surface area is 106 Å². The number of thiophene rings is 1. The summed E-state index contributed by atoms with van der Waals surface area (Å²) >= 11 is 3.96. The quantitative estimate of drug-likeness (QED) is 0.830. The van der Waals surface area contributed by atoms with Gasteiger partial charge in [-0.2, -0.15) is 11.8 Å². The number of hydrogen-bond donors (Lipinski definition) is 1. The second-order valence-corrected chi connectivity index (χ2v) is 7.35. The van der Waals surface area contributed by atoms with Gasteiger partial charge in [0.15, 0.2) is 0 Å². The topological polar surface area (TPSA) is 12.0 Å². The lowest BCUT2D eigenvalue weighted by Gasteiger charge is -2.20. The standard InChI is InChI=1S/C13H19NS2/c1-15-13(6-7-13)9-14-12(10-4-5-10)11-3-2-8-16-11/h2-3,8,10,12,14H,4-7,9H2,1H3. The monoisotopic (exact) mass is 253 g/mol. The van der Waals surface area contributed by atoms with Crippen LogP contribution in [0.1, 0.15) is 36.6 Å². The largest absolute Gasteiger partial charge is 0.308 e. The summed E-state index contributed by atoms with van der Waals surface area (Å²) in [6.45, 7) is 1.20. The van der Waals surface area contributed by atoms with Gasteiger partial charge in [0.05, 0.1) is 0 Å². The third-order valence-electron chi connectivity index (χ3n) is 3.83. The number of nitrogens with one attached hydrogen (secondary N) is 1. The van der Waals surface area contributed by atoms with Crippen molar-refractivity contribution in [3.05, 3.63) is 22.4 Å². The molecule has 1 N–H and O–H groups in total. The zero-order chi connectivity index (χ0) is 11.0. The average Bonchev–Trinajstić information content (AvgIpc) is 3.21. The van der Waals surface area contributed by atoms with Crippen molar-refractivity contribution < 1.29 is 0 Å². The fourth-order valence-electron chi connectivity index (χ4n) is 2.29. The first-order valence-corrected chi connectivity index (χ1v) is 8.25. The van der Waals surface area contributed by atoms with Gasteiger partial charge in [0.25, 0.3) is 0 Å². The molecular weight excluding hydrogens is 234 g/mol. The van der Waals surface area contributed by atoms with E-state index in [2.05, 4.69) is 40.8 Å². The van der Waals surface area contributed by atoms with E-state index in [9.17, 15) is 0 Å². The van der Waals surface area contributed by atoms with E-state index in [0.29, 0.717) is 10.8 Å². The molecule has 16 heavy (non-hydrogen) atoms. The molecule has 2 fully saturated rings. The zero-order valence-electron chi connectivity index (χ0n) is 9.74. The highest BCUT2D eigenvalue weighted by atomic mass is 32.2. The summed E-state index contributed by atoms with van der Waals surface area (Å²) in [4.78, 5) is 1.54. The highest BCUT2D eigenvalue weighted by molar-refractivity contribution is 8.00. The fraction of sp³-hybridized carbons (Fsp3) is 0.692. The van der Waals surface area contributed by atoms with Crippen LogP contribution in [0, 0.1) is 5.92 Å². The minimum absolute atomic E-state index is 0.588. The predicted molar refractivity (Wildman–Crippen MR) is 73.3 cm³/mol. The summed E-state index contributed by atoms with van der Waals surface area (Å²) in [6.07, 6.45) is 7.90. The first-order valence-electron chi connectivity index (χ1n) is 6.15. The van der Waals surface area contributed by atoms with Crippen LogP contribution in [0.3, 0.4) is 0 Å². The van der Waals surface area contributed by atoms with Crippen LogP contribution in [0.15, 0.2) is 17.5 Å². The molecule has 1 unspecified atom stereocenters. The molecule has 0 aliphatic heterocycles. The van der Waals surface area contributed by atoms with Crippen LogP contribution in [0.4, 0.5) is 0 Å². The van der Waals surface area contributed by atoms with Crippen LogP contribution in [0.2, 0.25) is 0 Å². The van der Waals surface area contributed by atoms with Crippen LogP contribution in [0.5, 0.6) is 0 Å². The highest BCUT2D eigenvalue weighted by Crippen LogP contribution is 2.48. The van der Waals surface area contributed by atoms with Crippen LogP contribution in [-0.4, -0.2) is 17.5 Å².